The molecule has 0 spiro atoms. The Morgan fingerprint density at radius 1 is 1.19 bits per heavy atom. The van der Waals surface area contributed by atoms with Crippen molar-refractivity contribution < 1.29 is 17.6 Å². The smallest absolute Gasteiger partial charge is 0.263 e. The topological polar surface area (TPSA) is 87.6 Å². The molecule has 1 aliphatic rings. The fourth-order valence-corrected chi connectivity index (χ4v) is 4.04. The normalized spacial score (nSPS) is 17.2. The first-order valence-corrected chi connectivity index (χ1v) is 10.2. The number of carbonyl (C=O) groups excluding carboxylic acids is 1. The number of nitrogens with zero attached hydrogens (tertiary/aromatic N) is 1. The van der Waals surface area contributed by atoms with Gasteiger partial charge in [0.15, 0.2) is 0 Å². The molecule has 0 radical (unpaired) electrons. The minimum absolute atomic E-state index is 0.150. The van der Waals surface area contributed by atoms with E-state index in [-0.39, 0.29) is 16.6 Å². The number of anilines is 1. The third-order valence-electron chi connectivity index (χ3n) is 4.19. The van der Waals surface area contributed by atoms with Crippen LogP contribution in [0.3, 0.4) is 0 Å². The standard InChI is InChI=1S/C19H20FN3O3S/c1-2-3-7-16(19(24)21-14-11-9-13(20)10-12-14)22-18-15-6-4-5-8-17(15)27(25,26)23-18/h4-6,8-12,16H,2-3,7H2,1H3,(H,21,24)(H,22,23)/t16-/m1/s1. The molecule has 2 aromatic rings. The maximum absolute atomic E-state index is 13.0. The van der Waals surface area contributed by atoms with Gasteiger partial charge in [0.25, 0.3) is 10.0 Å². The molecule has 0 aromatic heterocycles. The highest BCUT2D eigenvalue weighted by Crippen LogP contribution is 2.23. The number of benzene rings is 2. The fourth-order valence-electron chi connectivity index (χ4n) is 2.80. The van der Waals surface area contributed by atoms with Gasteiger partial charge in [-0.05, 0) is 42.8 Å². The molecule has 142 valence electrons. The lowest BCUT2D eigenvalue weighted by atomic mass is 10.1. The fraction of sp³-hybridized carbons (Fsp3) is 0.263. The number of aliphatic imine (C=N–C) groups is 1. The molecule has 3 rings (SSSR count). The van der Waals surface area contributed by atoms with Gasteiger partial charge < -0.3 is 5.32 Å². The maximum Gasteiger partial charge on any atom is 0.263 e. The highest BCUT2D eigenvalue weighted by Gasteiger charge is 2.31. The number of rotatable bonds is 6. The van der Waals surface area contributed by atoms with Gasteiger partial charge in [0.1, 0.15) is 17.7 Å². The average Bonchev–Trinajstić information content (AvgIpc) is 2.91. The molecule has 1 atom stereocenters. The molecule has 2 N–H and O–H groups in total. The maximum atomic E-state index is 13.0. The van der Waals surface area contributed by atoms with Gasteiger partial charge in [-0.1, -0.05) is 31.9 Å². The van der Waals surface area contributed by atoms with E-state index in [2.05, 4.69) is 15.0 Å². The lowest BCUT2D eigenvalue weighted by molar-refractivity contribution is -0.117. The van der Waals surface area contributed by atoms with Crippen molar-refractivity contribution in [2.45, 2.75) is 37.1 Å². The van der Waals surface area contributed by atoms with Gasteiger partial charge in [0.2, 0.25) is 5.91 Å². The number of hydrogen-bond donors (Lipinski definition) is 2. The van der Waals surface area contributed by atoms with E-state index in [0.717, 1.165) is 12.8 Å². The first kappa shape index (κ1) is 19.0. The van der Waals surface area contributed by atoms with Crippen molar-refractivity contribution in [3.63, 3.8) is 0 Å². The van der Waals surface area contributed by atoms with E-state index in [9.17, 15) is 17.6 Å². The second-order valence-electron chi connectivity index (χ2n) is 6.23. The Hall–Kier alpha value is -2.74. The predicted octanol–water partition coefficient (Wildman–Crippen LogP) is 3.06. The first-order valence-electron chi connectivity index (χ1n) is 8.67. The van der Waals surface area contributed by atoms with E-state index < -0.39 is 21.9 Å². The van der Waals surface area contributed by atoms with Crippen LogP contribution in [-0.2, 0) is 14.8 Å². The van der Waals surface area contributed by atoms with Crippen molar-refractivity contribution >= 4 is 27.5 Å². The van der Waals surface area contributed by atoms with E-state index in [1.807, 2.05) is 6.92 Å². The SMILES string of the molecule is CCCC[C@@H](N=C1NS(=O)(=O)c2ccccc21)C(=O)Nc1ccc(F)cc1. The van der Waals surface area contributed by atoms with Gasteiger partial charge in [-0.2, -0.15) is 0 Å². The van der Waals surface area contributed by atoms with Crippen molar-refractivity contribution in [3.05, 3.63) is 59.9 Å². The molecular weight excluding hydrogens is 369 g/mol. The highest BCUT2D eigenvalue weighted by molar-refractivity contribution is 7.90. The Labute approximate surface area is 157 Å². The van der Waals surface area contributed by atoms with Crippen LogP contribution in [0.1, 0.15) is 31.7 Å². The van der Waals surface area contributed by atoms with Crippen LogP contribution in [-0.4, -0.2) is 26.2 Å². The summed E-state index contributed by atoms with van der Waals surface area (Å²) in [5.74, 6) is -0.597. The zero-order chi connectivity index (χ0) is 19.4. The summed E-state index contributed by atoms with van der Waals surface area (Å²) >= 11 is 0. The summed E-state index contributed by atoms with van der Waals surface area (Å²) in [6.07, 6.45) is 2.09. The van der Waals surface area contributed by atoms with Crippen LogP contribution >= 0.6 is 0 Å². The second kappa shape index (κ2) is 7.87. The molecule has 8 heteroatoms. The van der Waals surface area contributed by atoms with E-state index >= 15 is 0 Å². The number of nitrogens with one attached hydrogen (secondary N) is 2. The largest absolute Gasteiger partial charge is 0.324 e. The third kappa shape index (κ3) is 4.33. The number of amidine groups is 1. The quantitative estimate of drug-likeness (QED) is 0.796. The van der Waals surface area contributed by atoms with Crippen molar-refractivity contribution in [1.82, 2.24) is 4.72 Å². The molecule has 1 heterocycles. The molecular formula is C19H20FN3O3S. The minimum atomic E-state index is -3.66. The third-order valence-corrected chi connectivity index (χ3v) is 5.59. The minimum Gasteiger partial charge on any atom is -0.324 e. The van der Waals surface area contributed by atoms with Crippen LogP contribution in [0.4, 0.5) is 10.1 Å². The number of amides is 1. The van der Waals surface area contributed by atoms with Crippen LogP contribution in [0.25, 0.3) is 0 Å². The lowest BCUT2D eigenvalue weighted by Gasteiger charge is -2.14. The molecule has 0 bridgehead atoms. The van der Waals surface area contributed by atoms with Crippen LogP contribution in [0.2, 0.25) is 0 Å². The predicted molar refractivity (Wildman–Crippen MR) is 102 cm³/mol. The Morgan fingerprint density at radius 2 is 1.89 bits per heavy atom. The van der Waals surface area contributed by atoms with E-state index in [1.54, 1.807) is 18.2 Å². The monoisotopic (exact) mass is 389 g/mol. The van der Waals surface area contributed by atoms with Crippen LogP contribution in [0.15, 0.2) is 58.4 Å². The first-order chi connectivity index (χ1) is 12.9. The molecule has 0 saturated carbocycles. The molecule has 0 fully saturated rings. The zero-order valence-corrected chi connectivity index (χ0v) is 15.6. The molecule has 2 aromatic carbocycles. The number of sulfonamides is 1. The molecule has 0 unspecified atom stereocenters. The summed E-state index contributed by atoms with van der Waals surface area (Å²) < 4.78 is 39.9. The molecule has 1 amide bonds. The summed E-state index contributed by atoms with van der Waals surface area (Å²) in [5, 5.41) is 2.71. The van der Waals surface area contributed by atoms with Gasteiger partial charge in [-0.15, -0.1) is 0 Å². The summed E-state index contributed by atoms with van der Waals surface area (Å²) in [7, 11) is -3.66. The summed E-state index contributed by atoms with van der Waals surface area (Å²) in [5.41, 5.74) is 0.907. The number of halogens is 1. The van der Waals surface area contributed by atoms with Gasteiger partial charge in [0.05, 0.1) is 4.90 Å². The molecule has 0 saturated heterocycles. The Balaban J connectivity index is 1.88. The second-order valence-corrected chi connectivity index (χ2v) is 7.88. The Kier molecular flexibility index (Phi) is 5.55. The van der Waals surface area contributed by atoms with Crippen LogP contribution < -0.4 is 10.0 Å². The number of carbonyl (C=O) groups is 1. The van der Waals surface area contributed by atoms with E-state index in [4.69, 9.17) is 0 Å². The van der Waals surface area contributed by atoms with E-state index in [1.165, 1.54) is 30.3 Å². The molecule has 27 heavy (non-hydrogen) atoms. The van der Waals surface area contributed by atoms with Crippen LogP contribution in [0.5, 0.6) is 0 Å². The summed E-state index contributed by atoms with van der Waals surface area (Å²) in [6.45, 7) is 2.00. The summed E-state index contributed by atoms with van der Waals surface area (Å²) in [4.78, 5) is 17.2. The average molecular weight is 389 g/mol. The lowest BCUT2D eigenvalue weighted by Crippen LogP contribution is -2.30. The van der Waals surface area contributed by atoms with Gasteiger partial charge in [0, 0.05) is 11.3 Å². The summed E-state index contributed by atoms with van der Waals surface area (Å²) in [6, 6.07) is 11.2. The van der Waals surface area contributed by atoms with Crippen molar-refractivity contribution in [3.8, 4) is 0 Å². The highest BCUT2D eigenvalue weighted by atomic mass is 32.2. The molecule has 0 aliphatic carbocycles. The van der Waals surface area contributed by atoms with Crippen molar-refractivity contribution in [2.75, 3.05) is 5.32 Å². The molecule has 6 nitrogen and oxygen atoms in total. The Bertz CT molecular complexity index is 972. The van der Waals surface area contributed by atoms with Gasteiger partial charge in [-0.3, -0.25) is 14.5 Å². The Morgan fingerprint density at radius 3 is 2.59 bits per heavy atom. The van der Waals surface area contributed by atoms with Crippen molar-refractivity contribution in [1.29, 1.82) is 0 Å². The zero-order valence-electron chi connectivity index (χ0n) is 14.8. The number of unbranched alkanes of at least 4 members (excludes halogenated alkanes) is 1. The van der Waals surface area contributed by atoms with Crippen LogP contribution in [0, 0.1) is 5.82 Å². The number of fused-ring (bicyclic) bond motifs is 1. The number of hydrogen-bond acceptors (Lipinski definition) is 4. The van der Waals surface area contributed by atoms with Crippen molar-refractivity contribution in [2.24, 2.45) is 4.99 Å². The van der Waals surface area contributed by atoms with Gasteiger partial charge in [-0.25, -0.2) is 12.8 Å². The van der Waals surface area contributed by atoms with Gasteiger partial charge >= 0.3 is 0 Å². The molecule has 1 aliphatic heterocycles. The van der Waals surface area contributed by atoms with E-state index in [0.29, 0.717) is 17.7 Å².